The van der Waals surface area contributed by atoms with Crippen LogP contribution in [0.3, 0.4) is 0 Å². The molecule has 2 atom stereocenters. The number of fused-ring (bicyclic) bond motifs is 1. The van der Waals surface area contributed by atoms with Gasteiger partial charge in [-0.05, 0) is 49.6 Å². The van der Waals surface area contributed by atoms with Gasteiger partial charge in [-0.1, -0.05) is 71.1 Å². The largest absolute Gasteiger partial charge is 0.299 e. The average molecular weight is 460 g/mol. The first-order valence-electron chi connectivity index (χ1n) is 9.68. The van der Waals surface area contributed by atoms with Crippen LogP contribution in [0.4, 0.5) is 0 Å². The van der Waals surface area contributed by atoms with Crippen molar-refractivity contribution in [2.24, 2.45) is 0 Å². The molecule has 1 aliphatic heterocycles. The number of hydrogen-bond donors (Lipinski definition) is 0. The van der Waals surface area contributed by atoms with Crippen molar-refractivity contribution >= 4 is 22.6 Å². The Morgan fingerprint density at radius 3 is 2.50 bits per heavy atom. The number of rotatable bonds is 3. The fraction of sp³-hybridized carbons (Fsp3) is 0.478. The molecule has 3 heteroatoms. The molecule has 0 amide bonds. The second-order valence-corrected chi connectivity index (χ2v) is 9.28. The Balaban J connectivity index is 1.71. The van der Waals surface area contributed by atoms with Gasteiger partial charge in [0, 0.05) is 41.6 Å². The first-order valence-corrected chi connectivity index (χ1v) is 11.2. The molecule has 0 spiro atoms. The molecule has 0 aromatic heterocycles. The van der Waals surface area contributed by atoms with E-state index in [2.05, 4.69) is 102 Å². The van der Waals surface area contributed by atoms with Gasteiger partial charge in [0.2, 0.25) is 0 Å². The van der Waals surface area contributed by atoms with Gasteiger partial charge >= 0.3 is 0 Å². The molecule has 1 fully saturated rings. The van der Waals surface area contributed by atoms with Crippen molar-refractivity contribution < 1.29 is 0 Å². The third kappa shape index (κ3) is 3.34. The van der Waals surface area contributed by atoms with Crippen LogP contribution >= 0.6 is 22.6 Å². The molecule has 1 saturated heterocycles. The van der Waals surface area contributed by atoms with E-state index in [1.165, 1.54) is 24.1 Å². The molecule has 0 N–H and O–H groups in total. The highest BCUT2D eigenvalue weighted by Crippen LogP contribution is 2.48. The molecular formula is C23H29IN2. The van der Waals surface area contributed by atoms with Gasteiger partial charge in [-0.25, -0.2) is 0 Å². The van der Waals surface area contributed by atoms with Crippen molar-refractivity contribution in [2.45, 2.75) is 42.2 Å². The lowest BCUT2D eigenvalue weighted by molar-refractivity contribution is 0.0158. The van der Waals surface area contributed by atoms with E-state index in [0.717, 1.165) is 17.5 Å². The van der Waals surface area contributed by atoms with E-state index >= 15 is 0 Å². The number of halogens is 1. The fourth-order valence-electron chi connectivity index (χ4n) is 4.68. The highest BCUT2D eigenvalue weighted by molar-refractivity contribution is 14.1. The van der Waals surface area contributed by atoms with E-state index < -0.39 is 0 Å². The number of nitrogens with zero attached hydrogens (tertiary/aromatic N) is 2. The minimum absolute atomic E-state index is 0.240. The predicted molar refractivity (Wildman–Crippen MR) is 118 cm³/mol. The van der Waals surface area contributed by atoms with Crippen LogP contribution in [0.15, 0.2) is 48.5 Å². The Morgan fingerprint density at radius 1 is 1.04 bits per heavy atom. The number of alkyl halides is 1. The Bertz CT molecular complexity index is 771. The maximum atomic E-state index is 2.75. The van der Waals surface area contributed by atoms with Crippen LogP contribution in [0.25, 0.3) is 0 Å². The van der Waals surface area contributed by atoms with Gasteiger partial charge in [0.15, 0.2) is 0 Å². The molecule has 0 unspecified atom stereocenters. The first-order chi connectivity index (χ1) is 12.5. The summed E-state index contributed by atoms with van der Waals surface area (Å²) in [5, 5.41) is 0. The second kappa shape index (κ2) is 7.25. The van der Waals surface area contributed by atoms with Crippen molar-refractivity contribution in [3.8, 4) is 0 Å². The van der Waals surface area contributed by atoms with Gasteiger partial charge in [-0.3, -0.25) is 9.80 Å². The number of benzene rings is 2. The highest BCUT2D eigenvalue weighted by atomic mass is 127. The summed E-state index contributed by atoms with van der Waals surface area (Å²) in [6, 6.07) is 18.9. The van der Waals surface area contributed by atoms with E-state index in [4.69, 9.17) is 0 Å². The van der Waals surface area contributed by atoms with Gasteiger partial charge in [0.1, 0.15) is 0 Å². The van der Waals surface area contributed by atoms with Crippen LogP contribution in [0.5, 0.6) is 0 Å². The zero-order valence-electron chi connectivity index (χ0n) is 16.1. The third-order valence-corrected chi connectivity index (χ3v) is 7.37. The Hall–Kier alpha value is -0.910. The minimum atomic E-state index is 0.240. The average Bonchev–Trinajstić information content (AvgIpc) is 3.03. The molecule has 2 nitrogen and oxygen atoms in total. The molecule has 0 radical (unpaired) electrons. The highest BCUT2D eigenvalue weighted by Gasteiger charge is 2.40. The van der Waals surface area contributed by atoms with E-state index in [1.54, 1.807) is 11.1 Å². The summed E-state index contributed by atoms with van der Waals surface area (Å²) in [6.07, 6.45) is 1.21. The summed E-state index contributed by atoms with van der Waals surface area (Å²) in [6.45, 7) is 8.22. The van der Waals surface area contributed by atoms with Crippen molar-refractivity contribution in [1.82, 2.24) is 9.80 Å². The van der Waals surface area contributed by atoms with Crippen molar-refractivity contribution in [3.63, 3.8) is 0 Å². The van der Waals surface area contributed by atoms with Crippen molar-refractivity contribution in [3.05, 3.63) is 70.8 Å². The fourth-order valence-corrected chi connectivity index (χ4v) is 5.16. The molecule has 0 saturated carbocycles. The van der Waals surface area contributed by atoms with E-state index in [1.807, 2.05) is 0 Å². The van der Waals surface area contributed by atoms with Crippen molar-refractivity contribution in [1.29, 1.82) is 0 Å². The Morgan fingerprint density at radius 2 is 1.81 bits per heavy atom. The number of hydrogen-bond acceptors (Lipinski definition) is 2. The van der Waals surface area contributed by atoms with Gasteiger partial charge in [-0.2, -0.15) is 0 Å². The molecule has 26 heavy (non-hydrogen) atoms. The molecule has 2 aromatic carbocycles. The predicted octanol–water partition coefficient (Wildman–Crippen LogP) is 5.22. The summed E-state index contributed by atoms with van der Waals surface area (Å²) >= 11 is 2.48. The molecule has 1 aliphatic carbocycles. The lowest BCUT2D eigenvalue weighted by atomic mass is 9.92. The second-order valence-electron chi connectivity index (χ2n) is 8.52. The monoisotopic (exact) mass is 460 g/mol. The normalized spacial score (nSPS) is 26.0. The summed E-state index contributed by atoms with van der Waals surface area (Å²) in [5.74, 6) is 0.530. The molecule has 2 aromatic rings. The maximum absolute atomic E-state index is 2.75. The lowest BCUT2D eigenvalue weighted by Gasteiger charge is -2.47. The van der Waals surface area contributed by atoms with Gasteiger partial charge in [0.05, 0.1) is 0 Å². The summed E-state index contributed by atoms with van der Waals surface area (Å²) in [7, 11) is 2.26. The number of piperazine rings is 1. The number of likely N-dealkylation sites (N-methyl/N-ethyl adjacent to an activating group) is 1. The standard InChI is InChI=1S/C23H29IN2/c1-23(2)16-26(12-11-25(23)3)22-14-20(18-7-5-4-6-8-18)19-10-9-17(15-24)13-21(19)22/h4-10,13,20,22H,11-12,14-16H2,1-3H3/t20-,22+/m0/s1. The molecule has 2 aliphatic rings. The van der Waals surface area contributed by atoms with E-state index in [0.29, 0.717) is 12.0 Å². The van der Waals surface area contributed by atoms with Crippen LogP contribution in [-0.2, 0) is 4.43 Å². The lowest BCUT2D eigenvalue weighted by Crippen LogP contribution is -2.58. The Kier molecular flexibility index (Phi) is 5.15. The summed E-state index contributed by atoms with van der Waals surface area (Å²) < 4.78 is 1.09. The smallest absolute Gasteiger partial charge is 0.0361 e. The summed E-state index contributed by atoms with van der Waals surface area (Å²) in [5.41, 5.74) is 6.28. The zero-order chi connectivity index (χ0) is 18.3. The van der Waals surface area contributed by atoms with Gasteiger partial charge in [-0.15, -0.1) is 0 Å². The van der Waals surface area contributed by atoms with Crippen LogP contribution in [0.1, 0.15) is 54.5 Å². The molecule has 1 heterocycles. The van der Waals surface area contributed by atoms with Crippen molar-refractivity contribution in [2.75, 3.05) is 26.7 Å². The van der Waals surface area contributed by atoms with Crippen LogP contribution in [0, 0.1) is 0 Å². The van der Waals surface area contributed by atoms with Crippen LogP contribution in [0.2, 0.25) is 0 Å². The maximum Gasteiger partial charge on any atom is 0.0361 e. The van der Waals surface area contributed by atoms with E-state index in [9.17, 15) is 0 Å². The van der Waals surface area contributed by atoms with E-state index in [-0.39, 0.29) is 5.54 Å². The molecule has 138 valence electrons. The van der Waals surface area contributed by atoms with Gasteiger partial charge in [0.25, 0.3) is 0 Å². The molecule has 4 rings (SSSR count). The summed E-state index contributed by atoms with van der Waals surface area (Å²) in [4.78, 5) is 5.26. The minimum Gasteiger partial charge on any atom is -0.299 e. The van der Waals surface area contributed by atoms with Crippen LogP contribution < -0.4 is 0 Å². The Labute approximate surface area is 171 Å². The van der Waals surface area contributed by atoms with Crippen LogP contribution in [-0.4, -0.2) is 42.0 Å². The zero-order valence-corrected chi connectivity index (χ0v) is 18.2. The topological polar surface area (TPSA) is 6.48 Å². The molecular weight excluding hydrogens is 431 g/mol. The first kappa shape index (κ1) is 18.5. The quantitative estimate of drug-likeness (QED) is 0.458. The van der Waals surface area contributed by atoms with Gasteiger partial charge < -0.3 is 0 Å². The molecule has 0 bridgehead atoms. The third-order valence-electron chi connectivity index (χ3n) is 6.49. The SMILES string of the molecule is CN1CCN([C@@H]2C[C@@H](c3ccccc3)c3ccc(CI)cc32)CC1(C)C.